The predicted octanol–water partition coefficient (Wildman–Crippen LogP) is 3.83. The van der Waals surface area contributed by atoms with Crippen molar-refractivity contribution in [2.45, 2.75) is 45.2 Å². The summed E-state index contributed by atoms with van der Waals surface area (Å²) in [4.78, 5) is 24.3. The molecule has 1 fully saturated rings. The van der Waals surface area contributed by atoms with Crippen molar-refractivity contribution in [2.24, 2.45) is 5.92 Å². The van der Waals surface area contributed by atoms with Crippen LogP contribution < -0.4 is 10.6 Å². The van der Waals surface area contributed by atoms with Crippen molar-refractivity contribution in [1.29, 1.82) is 0 Å². The van der Waals surface area contributed by atoms with Crippen LogP contribution in [0, 0.1) is 12.8 Å². The second-order valence-electron chi connectivity index (χ2n) is 7.16. The highest BCUT2D eigenvalue weighted by Crippen LogP contribution is 2.41. The number of carbonyl (C=O) groups is 2. The van der Waals surface area contributed by atoms with Gasteiger partial charge in [-0.05, 0) is 36.8 Å². The highest BCUT2D eigenvalue weighted by Gasteiger charge is 2.33. The van der Waals surface area contributed by atoms with E-state index in [0.717, 1.165) is 29.5 Å². The molecule has 136 valence electrons. The van der Waals surface area contributed by atoms with Gasteiger partial charge < -0.3 is 10.6 Å². The van der Waals surface area contributed by atoms with Crippen LogP contribution in [0.4, 0.5) is 0 Å². The summed E-state index contributed by atoms with van der Waals surface area (Å²) in [5, 5.41) is 6.09. The Morgan fingerprint density at radius 3 is 2.19 bits per heavy atom. The van der Waals surface area contributed by atoms with Crippen LogP contribution in [0.15, 0.2) is 54.6 Å². The average molecular weight is 350 g/mol. The lowest BCUT2D eigenvalue weighted by Gasteiger charge is -2.22. The topological polar surface area (TPSA) is 58.2 Å². The van der Waals surface area contributed by atoms with Gasteiger partial charge in [-0.2, -0.15) is 0 Å². The van der Waals surface area contributed by atoms with Gasteiger partial charge in [0.15, 0.2) is 0 Å². The number of aryl methyl sites for hydroxylation is 1. The Balaban J connectivity index is 1.70. The second-order valence-corrected chi connectivity index (χ2v) is 7.16. The molecule has 0 spiro atoms. The monoisotopic (exact) mass is 350 g/mol. The van der Waals surface area contributed by atoms with E-state index in [0.29, 0.717) is 5.92 Å². The van der Waals surface area contributed by atoms with Gasteiger partial charge in [-0.25, -0.2) is 0 Å². The molecule has 1 saturated carbocycles. The summed E-state index contributed by atoms with van der Waals surface area (Å²) in [6.45, 7) is 3.50. The van der Waals surface area contributed by atoms with E-state index in [-0.39, 0.29) is 30.3 Å². The van der Waals surface area contributed by atoms with E-state index in [1.165, 1.54) is 6.92 Å². The van der Waals surface area contributed by atoms with Gasteiger partial charge in [-0.3, -0.25) is 9.59 Å². The molecule has 4 heteroatoms. The Labute approximate surface area is 155 Å². The zero-order valence-corrected chi connectivity index (χ0v) is 15.4. The fourth-order valence-electron chi connectivity index (χ4n) is 3.28. The molecule has 2 aromatic rings. The van der Waals surface area contributed by atoms with E-state index in [1.807, 2.05) is 49.4 Å². The van der Waals surface area contributed by atoms with Crippen molar-refractivity contribution in [2.75, 3.05) is 0 Å². The molecule has 3 rings (SSSR count). The fraction of sp³-hybridized carbons (Fsp3) is 0.364. The number of hydrogen-bond donors (Lipinski definition) is 2. The highest BCUT2D eigenvalue weighted by atomic mass is 16.2. The molecule has 0 aliphatic heterocycles. The molecule has 0 aromatic heterocycles. The summed E-state index contributed by atoms with van der Waals surface area (Å²) < 4.78 is 0. The molecule has 26 heavy (non-hydrogen) atoms. The zero-order chi connectivity index (χ0) is 18.5. The second kappa shape index (κ2) is 8.17. The van der Waals surface area contributed by atoms with E-state index >= 15 is 0 Å². The van der Waals surface area contributed by atoms with Crippen molar-refractivity contribution in [3.05, 3.63) is 71.3 Å². The van der Waals surface area contributed by atoms with Crippen LogP contribution in [0.2, 0.25) is 0 Å². The minimum Gasteiger partial charge on any atom is -0.349 e. The van der Waals surface area contributed by atoms with Crippen LogP contribution in [0.3, 0.4) is 0 Å². The van der Waals surface area contributed by atoms with Crippen molar-refractivity contribution >= 4 is 11.8 Å². The number of amides is 2. The quantitative estimate of drug-likeness (QED) is 0.797. The number of benzene rings is 2. The first-order chi connectivity index (χ1) is 12.5. The van der Waals surface area contributed by atoms with Crippen molar-refractivity contribution in [1.82, 2.24) is 10.6 Å². The van der Waals surface area contributed by atoms with E-state index in [9.17, 15) is 9.59 Å². The Kier molecular flexibility index (Phi) is 5.71. The summed E-state index contributed by atoms with van der Waals surface area (Å²) in [5.41, 5.74) is 3.25. The van der Waals surface area contributed by atoms with Gasteiger partial charge in [0, 0.05) is 6.92 Å². The SMILES string of the molecule is CC(=O)NC(CC(=O)NC(c1ccccc1)C1CC1)c1ccc(C)cc1. The molecule has 2 amide bonds. The normalized spacial score (nSPS) is 15.8. The third-order valence-electron chi connectivity index (χ3n) is 4.82. The Morgan fingerprint density at radius 2 is 1.62 bits per heavy atom. The molecule has 0 saturated heterocycles. The number of hydrogen-bond acceptors (Lipinski definition) is 2. The van der Waals surface area contributed by atoms with E-state index in [1.54, 1.807) is 0 Å². The van der Waals surface area contributed by atoms with E-state index in [2.05, 4.69) is 22.8 Å². The molecule has 2 aromatic carbocycles. The summed E-state index contributed by atoms with van der Waals surface area (Å²) in [7, 11) is 0. The molecule has 4 nitrogen and oxygen atoms in total. The van der Waals surface area contributed by atoms with Gasteiger partial charge >= 0.3 is 0 Å². The molecular formula is C22H26N2O2. The zero-order valence-electron chi connectivity index (χ0n) is 15.4. The fourth-order valence-corrected chi connectivity index (χ4v) is 3.28. The largest absolute Gasteiger partial charge is 0.349 e. The lowest BCUT2D eigenvalue weighted by atomic mass is 9.99. The van der Waals surface area contributed by atoms with Crippen molar-refractivity contribution in [3.8, 4) is 0 Å². The van der Waals surface area contributed by atoms with E-state index in [4.69, 9.17) is 0 Å². The van der Waals surface area contributed by atoms with Crippen LogP contribution in [-0.2, 0) is 9.59 Å². The first-order valence-electron chi connectivity index (χ1n) is 9.21. The summed E-state index contributed by atoms with van der Waals surface area (Å²) in [6, 6.07) is 17.8. The maximum Gasteiger partial charge on any atom is 0.222 e. The van der Waals surface area contributed by atoms with Gasteiger partial charge in [0.05, 0.1) is 18.5 Å². The smallest absolute Gasteiger partial charge is 0.222 e. The molecule has 0 heterocycles. The Morgan fingerprint density at radius 1 is 0.962 bits per heavy atom. The van der Waals surface area contributed by atoms with Crippen molar-refractivity contribution < 1.29 is 9.59 Å². The molecule has 0 bridgehead atoms. The Bertz CT molecular complexity index is 751. The van der Waals surface area contributed by atoms with Crippen LogP contribution in [0.1, 0.15) is 55.0 Å². The summed E-state index contributed by atoms with van der Waals surface area (Å²) >= 11 is 0. The van der Waals surface area contributed by atoms with Gasteiger partial charge in [0.2, 0.25) is 11.8 Å². The average Bonchev–Trinajstić information content (AvgIpc) is 3.45. The number of carbonyl (C=O) groups excluding carboxylic acids is 2. The van der Waals surface area contributed by atoms with Gasteiger partial charge in [-0.1, -0.05) is 60.2 Å². The lowest BCUT2D eigenvalue weighted by Crippen LogP contribution is -2.35. The number of rotatable bonds is 7. The molecule has 0 radical (unpaired) electrons. The van der Waals surface area contributed by atoms with Crippen LogP contribution in [-0.4, -0.2) is 11.8 Å². The molecule has 2 atom stereocenters. The molecule has 2 unspecified atom stereocenters. The standard InChI is InChI=1S/C22H26N2O2/c1-15-8-10-17(11-9-15)20(23-16(2)25)14-21(26)24-22(19-12-13-19)18-6-4-3-5-7-18/h3-11,19-20,22H,12-14H2,1-2H3,(H,23,25)(H,24,26). The first kappa shape index (κ1) is 18.2. The van der Waals surface area contributed by atoms with Crippen LogP contribution in [0.5, 0.6) is 0 Å². The molecule has 1 aliphatic carbocycles. The summed E-state index contributed by atoms with van der Waals surface area (Å²) in [5.74, 6) is 0.343. The molecular weight excluding hydrogens is 324 g/mol. The molecule has 2 N–H and O–H groups in total. The summed E-state index contributed by atoms with van der Waals surface area (Å²) in [6.07, 6.45) is 2.53. The van der Waals surface area contributed by atoms with Crippen LogP contribution in [0.25, 0.3) is 0 Å². The minimum absolute atomic E-state index is 0.0370. The first-order valence-corrected chi connectivity index (χ1v) is 9.21. The maximum atomic E-state index is 12.7. The maximum absolute atomic E-state index is 12.7. The van der Waals surface area contributed by atoms with Gasteiger partial charge in [0.1, 0.15) is 0 Å². The Hall–Kier alpha value is -2.62. The van der Waals surface area contributed by atoms with Crippen LogP contribution >= 0.6 is 0 Å². The van der Waals surface area contributed by atoms with E-state index < -0.39 is 0 Å². The minimum atomic E-state index is -0.316. The van der Waals surface area contributed by atoms with Gasteiger partial charge in [0.25, 0.3) is 0 Å². The van der Waals surface area contributed by atoms with Crippen molar-refractivity contribution in [3.63, 3.8) is 0 Å². The predicted molar refractivity (Wildman–Crippen MR) is 102 cm³/mol. The van der Waals surface area contributed by atoms with Gasteiger partial charge in [-0.15, -0.1) is 0 Å². The molecule has 1 aliphatic rings. The third kappa shape index (κ3) is 4.94. The highest BCUT2D eigenvalue weighted by molar-refractivity contribution is 5.79. The third-order valence-corrected chi connectivity index (χ3v) is 4.82. The number of nitrogens with one attached hydrogen (secondary N) is 2. The lowest BCUT2D eigenvalue weighted by molar-refractivity contribution is -0.123.